The standard InChI is InChI=1S/C15H19N3/c1-18(12-14-5-8-17-9-6-14)10-7-13-3-2-4-15(16)11-13/h2-6,8-9,11H,7,10,12,16H2,1H3. The van der Waals surface area contributed by atoms with Crippen LogP contribution in [0, 0.1) is 0 Å². The zero-order valence-electron chi connectivity index (χ0n) is 10.7. The highest BCUT2D eigenvalue weighted by molar-refractivity contribution is 5.40. The Labute approximate surface area is 108 Å². The van der Waals surface area contributed by atoms with Gasteiger partial charge in [-0.3, -0.25) is 4.98 Å². The van der Waals surface area contributed by atoms with E-state index in [4.69, 9.17) is 5.73 Å². The van der Waals surface area contributed by atoms with Gasteiger partial charge in [0.1, 0.15) is 0 Å². The van der Waals surface area contributed by atoms with Gasteiger partial charge in [-0.15, -0.1) is 0 Å². The highest BCUT2D eigenvalue weighted by atomic mass is 15.1. The van der Waals surface area contributed by atoms with Crippen LogP contribution in [0.5, 0.6) is 0 Å². The van der Waals surface area contributed by atoms with E-state index in [0.29, 0.717) is 0 Å². The molecule has 0 aliphatic heterocycles. The maximum atomic E-state index is 5.77. The third kappa shape index (κ3) is 3.86. The summed E-state index contributed by atoms with van der Waals surface area (Å²) >= 11 is 0. The predicted octanol–water partition coefficient (Wildman–Crippen LogP) is 2.34. The minimum Gasteiger partial charge on any atom is -0.399 e. The fourth-order valence-electron chi connectivity index (χ4n) is 1.95. The van der Waals surface area contributed by atoms with Crippen LogP contribution < -0.4 is 5.73 Å². The number of hydrogen-bond acceptors (Lipinski definition) is 3. The summed E-state index contributed by atoms with van der Waals surface area (Å²) in [6.45, 7) is 1.97. The van der Waals surface area contributed by atoms with Gasteiger partial charge in [0.2, 0.25) is 0 Å². The van der Waals surface area contributed by atoms with Crippen molar-refractivity contribution in [3.8, 4) is 0 Å². The van der Waals surface area contributed by atoms with Gasteiger partial charge in [-0.1, -0.05) is 12.1 Å². The Morgan fingerprint density at radius 2 is 1.89 bits per heavy atom. The van der Waals surface area contributed by atoms with Crippen molar-refractivity contribution in [2.24, 2.45) is 0 Å². The van der Waals surface area contributed by atoms with Crippen molar-refractivity contribution in [2.75, 3.05) is 19.3 Å². The third-order valence-corrected chi connectivity index (χ3v) is 2.94. The van der Waals surface area contributed by atoms with Gasteiger partial charge in [0.25, 0.3) is 0 Å². The van der Waals surface area contributed by atoms with Crippen molar-refractivity contribution >= 4 is 5.69 Å². The van der Waals surface area contributed by atoms with Crippen molar-refractivity contribution < 1.29 is 0 Å². The molecule has 0 fully saturated rings. The number of pyridine rings is 1. The van der Waals surface area contributed by atoms with E-state index in [0.717, 1.165) is 25.2 Å². The zero-order valence-corrected chi connectivity index (χ0v) is 10.7. The van der Waals surface area contributed by atoms with Crippen molar-refractivity contribution in [2.45, 2.75) is 13.0 Å². The molecule has 18 heavy (non-hydrogen) atoms. The lowest BCUT2D eigenvalue weighted by molar-refractivity contribution is 0.331. The van der Waals surface area contributed by atoms with Gasteiger partial charge in [0.05, 0.1) is 0 Å². The molecule has 2 rings (SSSR count). The molecule has 0 saturated carbocycles. The maximum Gasteiger partial charge on any atom is 0.0316 e. The molecule has 94 valence electrons. The van der Waals surface area contributed by atoms with Crippen LogP contribution in [0.15, 0.2) is 48.8 Å². The highest BCUT2D eigenvalue weighted by Crippen LogP contribution is 2.08. The van der Waals surface area contributed by atoms with Crippen LogP contribution in [0.2, 0.25) is 0 Å². The molecule has 0 unspecified atom stereocenters. The van der Waals surface area contributed by atoms with Crippen molar-refractivity contribution in [3.63, 3.8) is 0 Å². The summed E-state index contributed by atoms with van der Waals surface area (Å²) in [5, 5.41) is 0. The van der Waals surface area contributed by atoms with Crippen LogP contribution in [0.3, 0.4) is 0 Å². The quantitative estimate of drug-likeness (QED) is 0.817. The monoisotopic (exact) mass is 241 g/mol. The van der Waals surface area contributed by atoms with Gasteiger partial charge >= 0.3 is 0 Å². The molecule has 0 bridgehead atoms. The average Bonchev–Trinajstić information content (AvgIpc) is 2.38. The second kappa shape index (κ2) is 6.17. The number of hydrogen-bond donors (Lipinski definition) is 1. The van der Waals surface area contributed by atoms with Gasteiger partial charge < -0.3 is 10.6 Å². The molecule has 2 aromatic rings. The van der Waals surface area contributed by atoms with E-state index >= 15 is 0 Å². The van der Waals surface area contributed by atoms with Crippen LogP contribution in [-0.2, 0) is 13.0 Å². The fourth-order valence-corrected chi connectivity index (χ4v) is 1.95. The van der Waals surface area contributed by atoms with E-state index in [1.165, 1.54) is 11.1 Å². The van der Waals surface area contributed by atoms with Crippen LogP contribution in [0.1, 0.15) is 11.1 Å². The smallest absolute Gasteiger partial charge is 0.0316 e. The number of benzene rings is 1. The van der Waals surface area contributed by atoms with Gasteiger partial charge in [-0.25, -0.2) is 0 Å². The molecule has 1 heterocycles. The summed E-state index contributed by atoms with van der Waals surface area (Å²) in [5.74, 6) is 0. The van der Waals surface area contributed by atoms with Crippen LogP contribution in [-0.4, -0.2) is 23.5 Å². The van der Waals surface area contributed by atoms with E-state index in [1.807, 2.05) is 30.6 Å². The van der Waals surface area contributed by atoms with Crippen LogP contribution in [0.4, 0.5) is 5.69 Å². The molecule has 0 spiro atoms. The largest absolute Gasteiger partial charge is 0.399 e. The topological polar surface area (TPSA) is 42.1 Å². The lowest BCUT2D eigenvalue weighted by Gasteiger charge is -2.16. The summed E-state index contributed by atoms with van der Waals surface area (Å²) in [4.78, 5) is 6.33. The lowest BCUT2D eigenvalue weighted by Crippen LogP contribution is -2.20. The normalized spacial score (nSPS) is 10.8. The zero-order chi connectivity index (χ0) is 12.8. The summed E-state index contributed by atoms with van der Waals surface area (Å²) < 4.78 is 0. The number of anilines is 1. The minimum atomic E-state index is 0.837. The Bertz CT molecular complexity index is 482. The molecule has 1 aromatic carbocycles. The van der Waals surface area contributed by atoms with Crippen LogP contribution >= 0.6 is 0 Å². The number of nitrogen functional groups attached to an aromatic ring is 1. The van der Waals surface area contributed by atoms with Gasteiger partial charge in [0.15, 0.2) is 0 Å². The molecule has 0 amide bonds. The average molecular weight is 241 g/mol. The van der Waals surface area contributed by atoms with Crippen molar-refractivity contribution in [1.29, 1.82) is 0 Å². The maximum absolute atomic E-state index is 5.77. The van der Waals surface area contributed by atoms with E-state index in [-0.39, 0.29) is 0 Å². The molecule has 3 heteroatoms. The van der Waals surface area contributed by atoms with Crippen molar-refractivity contribution in [3.05, 3.63) is 59.9 Å². The first-order chi connectivity index (χ1) is 8.74. The van der Waals surface area contributed by atoms with E-state index in [9.17, 15) is 0 Å². The molecule has 3 nitrogen and oxygen atoms in total. The molecule has 0 saturated heterocycles. The Balaban J connectivity index is 1.83. The van der Waals surface area contributed by atoms with Gasteiger partial charge in [-0.2, -0.15) is 0 Å². The molecule has 0 atom stereocenters. The molecular formula is C15H19N3. The summed E-state index contributed by atoms with van der Waals surface area (Å²) in [6.07, 6.45) is 4.69. The third-order valence-electron chi connectivity index (χ3n) is 2.94. The van der Waals surface area contributed by atoms with Gasteiger partial charge in [-0.05, 0) is 48.9 Å². The summed E-state index contributed by atoms with van der Waals surface area (Å²) in [5.41, 5.74) is 9.19. The number of aromatic nitrogens is 1. The van der Waals surface area contributed by atoms with Gasteiger partial charge in [0, 0.05) is 31.2 Å². The van der Waals surface area contributed by atoms with Crippen LogP contribution in [0.25, 0.3) is 0 Å². The fraction of sp³-hybridized carbons (Fsp3) is 0.267. The number of likely N-dealkylation sites (N-methyl/N-ethyl adjacent to an activating group) is 1. The van der Waals surface area contributed by atoms with Crippen molar-refractivity contribution in [1.82, 2.24) is 9.88 Å². The predicted molar refractivity (Wildman–Crippen MR) is 75.1 cm³/mol. The van der Waals surface area contributed by atoms with E-state index in [2.05, 4.69) is 35.1 Å². The highest BCUT2D eigenvalue weighted by Gasteiger charge is 2.01. The summed E-state index contributed by atoms with van der Waals surface area (Å²) in [7, 11) is 2.13. The minimum absolute atomic E-state index is 0.837. The number of nitrogens with two attached hydrogens (primary N) is 1. The first-order valence-electron chi connectivity index (χ1n) is 6.16. The second-order valence-corrected chi connectivity index (χ2v) is 4.59. The Morgan fingerprint density at radius 3 is 2.61 bits per heavy atom. The van der Waals surface area contributed by atoms with E-state index < -0.39 is 0 Å². The first-order valence-corrected chi connectivity index (χ1v) is 6.16. The second-order valence-electron chi connectivity index (χ2n) is 4.59. The molecule has 2 N–H and O–H groups in total. The number of nitrogens with zero attached hydrogens (tertiary/aromatic N) is 2. The molecule has 0 aliphatic carbocycles. The molecular weight excluding hydrogens is 222 g/mol. The van der Waals surface area contributed by atoms with E-state index in [1.54, 1.807) is 0 Å². The summed E-state index contributed by atoms with van der Waals surface area (Å²) in [6, 6.07) is 12.2. The molecule has 0 aliphatic rings. The SMILES string of the molecule is CN(CCc1cccc(N)c1)Cc1ccncc1. The Hall–Kier alpha value is -1.87. The number of rotatable bonds is 5. The first kappa shape index (κ1) is 12.6. The Morgan fingerprint density at radius 1 is 1.11 bits per heavy atom. The lowest BCUT2D eigenvalue weighted by atomic mass is 10.1. The Kier molecular flexibility index (Phi) is 4.31. The molecule has 0 radical (unpaired) electrons. The molecule has 1 aromatic heterocycles.